The molecular formula is C23H15F6LaO2-. The smallest absolute Gasteiger partial charge is 0.422 e. The summed E-state index contributed by atoms with van der Waals surface area (Å²) in [5.74, 6) is -6.07. The van der Waals surface area contributed by atoms with Crippen molar-refractivity contribution in [1.29, 1.82) is 0 Å². The van der Waals surface area contributed by atoms with Crippen LogP contribution in [0.15, 0.2) is 36.4 Å². The van der Waals surface area contributed by atoms with E-state index in [1.54, 1.807) is 19.9 Å². The molecule has 0 aromatic heterocycles. The van der Waals surface area contributed by atoms with Gasteiger partial charge in [-0.25, -0.2) is 13.2 Å². The average molecular weight is 576 g/mol. The molecule has 0 bridgehead atoms. The van der Waals surface area contributed by atoms with Crippen molar-refractivity contribution in [3.8, 4) is 16.9 Å². The van der Waals surface area contributed by atoms with Crippen LogP contribution < -0.4 is 4.74 Å². The number of benzene rings is 3. The maximum Gasteiger partial charge on any atom is 0.422 e. The van der Waals surface area contributed by atoms with E-state index in [1.165, 1.54) is 25.1 Å². The van der Waals surface area contributed by atoms with Crippen LogP contribution in [0, 0.1) is 79.9 Å². The second-order valence-electron chi connectivity index (χ2n) is 7.03. The molecule has 0 heterocycles. The Labute approximate surface area is 208 Å². The van der Waals surface area contributed by atoms with Crippen molar-refractivity contribution >= 4 is 5.97 Å². The molecule has 3 aromatic rings. The topological polar surface area (TPSA) is 26.3 Å². The Kier molecular flexibility index (Phi) is 8.02. The summed E-state index contributed by atoms with van der Waals surface area (Å²) in [5, 5.41) is 0. The van der Waals surface area contributed by atoms with Gasteiger partial charge in [0, 0.05) is 47.7 Å². The van der Waals surface area contributed by atoms with Crippen LogP contribution in [0.1, 0.15) is 32.6 Å². The fourth-order valence-corrected chi connectivity index (χ4v) is 3.29. The molecule has 3 aromatic carbocycles. The van der Waals surface area contributed by atoms with Crippen molar-refractivity contribution in [2.24, 2.45) is 0 Å². The maximum absolute atomic E-state index is 14.4. The first-order valence-corrected chi connectivity index (χ1v) is 8.96. The molecule has 0 saturated carbocycles. The fourth-order valence-electron chi connectivity index (χ4n) is 3.29. The van der Waals surface area contributed by atoms with Crippen LogP contribution in [0.2, 0.25) is 0 Å². The molecule has 0 spiro atoms. The number of aryl methyl sites for hydroxylation is 3. The summed E-state index contributed by atoms with van der Waals surface area (Å²) in [4.78, 5) is 12.4. The summed E-state index contributed by atoms with van der Waals surface area (Å²) in [6.45, 7) is 5.01. The molecule has 9 heteroatoms. The average Bonchev–Trinajstić information content (AvgIpc) is 2.58. The molecule has 0 aliphatic carbocycles. The zero-order valence-corrected chi connectivity index (χ0v) is 20.8. The van der Waals surface area contributed by atoms with Crippen LogP contribution in [0.3, 0.4) is 0 Å². The number of carbonyl (C=O) groups excluding carboxylic acids is 1. The van der Waals surface area contributed by atoms with Crippen LogP contribution in [0.5, 0.6) is 5.75 Å². The minimum atomic E-state index is -5.24. The van der Waals surface area contributed by atoms with E-state index in [0.717, 1.165) is 5.56 Å². The van der Waals surface area contributed by atoms with Gasteiger partial charge in [0.1, 0.15) is 28.8 Å². The molecule has 0 atom stereocenters. The van der Waals surface area contributed by atoms with Gasteiger partial charge in [-0.3, -0.25) is 0 Å². The Morgan fingerprint density at radius 2 is 1.47 bits per heavy atom. The Balaban J connectivity index is 0.00000363. The Bertz CT molecular complexity index is 1140. The van der Waals surface area contributed by atoms with Crippen molar-refractivity contribution in [2.45, 2.75) is 26.9 Å². The fraction of sp³-hybridized carbons (Fsp3) is 0.174. The normalized spacial score (nSPS) is 11.2. The van der Waals surface area contributed by atoms with E-state index in [0.29, 0.717) is 22.3 Å². The van der Waals surface area contributed by atoms with E-state index < -0.39 is 40.9 Å². The van der Waals surface area contributed by atoms with Crippen LogP contribution in [-0.2, 0) is 6.18 Å². The number of esters is 1. The Morgan fingerprint density at radius 1 is 0.875 bits per heavy atom. The number of hydrogen-bond donors (Lipinski definition) is 0. The minimum Gasteiger partial charge on any atom is -0.467 e. The summed E-state index contributed by atoms with van der Waals surface area (Å²) >= 11 is 0. The third kappa shape index (κ3) is 5.45. The first kappa shape index (κ1) is 26.2. The van der Waals surface area contributed by atoms with E-state index in [4.69, 9.17) is 4.74 Å². The minimum absolute atomic E-state index is 0. The van der Waals surface area contributed by atoms with Crippen molar-refractivity contribution < 1.29 is 71.5 Å². The van der Waals surface area contributed by atoms with Gasteiger partial charge in [0.25, 0.3) is 5.97 Å². The van der Waals surface area contributed by atoms with Crippen LogP contribution in [0.4, 0.5) is 26.3 Å². The van der Waals surface area contributed by atoms with E-state index in [2.05, 4.69) is 6.07 Å². The molecule has 1 radical (unpaired) electrons. The van der Waals surface area contributed by atoms with Crippen molar-refractivity contribution in [3.63, 3.8) is 0 Å². The first-order chi connectivity index (χ1) is 14.4. The Hall–Kier alpha value is -2.10. The molecule has 0 fully saturated rings. The Morgan fingerprint density at radius 3 is 1.97 bits per heavy atom. The molecule has 165 valence electrons. The van der Waals surface area contributed by atoms with E-state index >= 15 is 0 Å². The summed E-state index contributed by atoms with van der Waals surface area (Å²) in [6.07, 6.45) is -5.24. The van der Waals surface area contributed by atoms with E-state index in [1.807, 2.05) is 0 Å². The molecule has 0 saturated heterocycles. The van der Waals surface area contributed by atoms with Gasteiger partial charge in [0.2, 0.25) is 0 Å². The monoisotopic (exact) mass is 576 g/mol. The zero-order chi connectivity index (χ0) is 23.1. The van der Waals surface area contributed by atoms with E-state index in [-0.39, 0.29) is 53.3 Å². The van der Waals surface area contributed by atoms with Crippen LogP contribution in [-0.4, -0.2) is 5.97 Å². The summed E-state index contributed by atoms with van der Waals surface area (Å²) < 4.78 is 84.6. The number of alkyl halides is 3. The van der Waals surface area contributed by atoms with Gasteiger partial charge < -0.3 is 9.53 Å². The second kappa shape index (κ2) is 9.81. The molecular weight excluding hydrogens is 561 g/mol. The molecule has 0 N–H and O–H groups in total. The van der Waals surface area contributed by atoms with Gasteiger partial charge in [-0.15, -0.1) is 23.8 Å². The predicted molar refractivity (Wildman–Crippen MR) is 101 cm³/mol. The molecule has 32 heavy (non-hydrogen) atoms. The molecule has 0 amide bonds. The van der Waals surface area contributed by atoms with Crippen molar-refractivity contribution in [3.05, 3.63) is 87.7 Å². The van der Waals surface area contributed by atoms with Gasteiger partial charge in [-0.05, 0) is 36.6 Å². The second-order valence-corrected chi connectivity index (χ2v) is 7.03. The number of halogens is 6. The third-order valence-corrected chi connectivity index (χ3v) is 4.57. The van der Waals surface area contributed by atoms with Crippen LogP contribution in [0.25, 0.3) is 11.1 Å². The van der Waals surface area contributed by atoms with Gasteiger partial charge in [0.15, 0.2) is 0 Å². The van der Waals surface area contributed by atoms with Gasteiger partial charge >= 0.3 is 6.18 Å². The third-order valence-electron chi connectivity index (χ3n) is 4.57. The molecule has 0 aliphatic heterocycles. The predicted octanol–water partition coefficient (Wildman–Crippen LogP) is 6.73. The SMILES string of the molecule is Cc1cc(C)c(-c2c[c-]c(C(=O)Oc3cc(F)c(C(F)(F)F)c(F)c3)c(C)c2)c(F)c1.[La]. The van der Waals surface area contributed by atoms with Crippen molar-refractivity contribution in [1.82, 2.24) is 0 Å². The molecule has 3 rings (SSSR count). The summed E-state index contributed by atoms with van der Waals surface area (Å²) in [7, 11) is 0. The van der Waals surface area contributed by atoms with Gasteiger partial charge in [-0.2, -0.15) is 13.2 Å². The molecule has 0 unspecified atom stereocenters. The number of carbonyl (C=O) groups is 1. The number of ether oxygens (including phenoxy) is 1. The van der Waals surface area contributed by atoms with Crippen molar-refractivity contribution in [2.75, 3.05) is 0 Å². The van der Waals surface area contributed by atoms with Crippen LogP contribution >= 0.6 is 0 Å². The largest absolute Gasteiger partial charge is 0.467 e. The van der Waals surface area contributed by atoms with Gasteiger partial charge in [-0.1, -0.05) is 24.1 Å². The molecule has 0 aliphatic rings. The number of hydrogen-bond acceptors (Lipinski definition) is 2. The first-order valence-electron chi connectivity index (χ1n) is 8.96. The van der Waals surface area contributed by atoms with E-state index in [9.17, 15) is 31.1 Å². The maximum atomic E-state index is 14.4. The zero-order valence-electron chi connectivity index (χ0n) is 17.1. The molecule has 2 nitrogen and oxygen atoms in total. The standard InChI is InChI=1S/C23H15F6O2.La/c1-11-6-13(3)20(17(24)7-11)14-4-5-16(12(2)8-14)22(30)31-15-9-18(25)21(19(26)10-15)23(27,28)29;/h4,6-10H,1-3H3;/q-1;. The number of rotatable bonds is 3. The quantitative estimate of drug-likeness (QED) is 0.150. The summed E-state index contributed by atoms with van der Waals surface area (Å²) in [5.41, 5.74) is 0.346. The summed E-state index contributed by atoms with van der Waals surface area (Å²) in [6, 6.07) is 9.24. The van der Waals surface area contributed by atoms with Gasteiger partial charge in [0.05, 0.1) is 0 Å².